The zero-order valence-corrected chi connectivity index (χ0v) is 11.8. The van der Waals surface area contributed by atoms with Crippen LogP contribution in [0, 0.1) is 0 Å². The topological polar surface area (TPSA) is 84.6 Å². The fourth-order valence-electron chi connectivity index (χ4n) is 1.89. The van der Waals surface area contributed by atoms with Crippen molar-refractivity contribution >= 4 is 28.9 Å². The number of ether oxygens (including phenoxy) is 1. The Morgan fingerprint density at radius 3 is 2.79 bits per heavy atom. The van der Waals surface area contributed by atoms with Gasteiger partial charge in [-0.05, 0) is 18.6 Å². The van der Waals surface area contributed by atoms with E-state index in [-0.39, 0.29) is 11.6 Å². The molecule has 1 aromatic carbocycles. The summed E-state index contributed by atoms with van der Waals surface area (Å²) in [5, 5.41) is 12.6. The van der Waals surface area contributed by atoms with Crippen molar-refractivity contribution in [1.29, 1.82) is 0 Å². The van der Waals surface area contributed by atoms with Crippen LogP contribution in [0.5, 0.6) is 0 Å². The minimum absolute atomic E-state index is 0.00854. The molecule has 106 valence electrons. The number of anilines is 2. The molecule has 0 radical (unpaired) electrons. The molecule has 6 heteroatoms. The van der Waals surface area contributed by atoms with Gasteiger partial charge in [-0.2, -0.15) is 0 Å². The molecule has 0 spiro atoms. The summed E-state index contributed by atoms with van der Waals surface area (Å²) in [5.41, 5.74) is 6.40. The second-order valence-electron chi connectivity index (χ2n) is 4.32. The number of aromatic carboxylic acids is 1. The SMILES string of the molecule is CCCC(COC)Nc1c(Cl)cc(N)cc1C(=O)O. The van der Waals surface area contributed by atoms with E-state index in [1.54, 1.807) is 7.11 Å². The lowest BCUT2D eigenvalue weighted by atomic mass is 10.1. The Labute approximate surface area is 117 Å². The Bertz CT molecular complexity index is 446. The number of nitrogen functional groups attached to an aromatic ring is 1. The molecule has 1 aromatic rings. The normalized spacial score (nSPS) is 12.2. The molecule has 0 heterocycles. The van der Waals surface area contributed by atoms with Crippen LogP contribution in [0.3, 0.4) is 0 Å². The summed E-state index contributed by atoms with van der Waals surface area (Å²) in [7, 11) is 1.60. The number of carboxylic acids is 1. The monoisotopic (exact) mass is 286 g/mol. The second kappa shape index (κ2) is 7.21. The van der Waals surface area contributed by atoms with Crippen LogP contribution in [-0.4, -0.2) is 30.8 Å². The molecule has 5 nitrogen and oxygen atoms in total. The number of halogens is 1. The van der Waals surface area contributed by atoms with Gasteiger partial charge in [0.2, 0.25) is 0 Å². The molecule has 1 rings (SSSR count). The number of rotatable bonds is 7. The molecule has 0 aliphatic heterocycles. The van der Waals surface area contributed by atoms with Gasteiger partial charge < -0.3 is 20.9 Å². The Kier molecular flexibility index (Phi) is 5.92. The first-order valence-corrected chi connectivity index (χ1v) is 6.45. The van der Waals surface area contributed by atoms with Crippen molar-refractivity contribution in [2.45, 2.75) is 25.8 Å². The molecule has 0 saturated heterocycles. The summed E-state index contributed by atoms with van der Waals surface area (Å²) >= 11 is 6.08. The first kappa shape index (κ1) is 15.6. The minimum atomic E-state index is -1.07. The maximum Gasteiger partial charge on any atom is 0.337 e. The van der Waals surface area contributed by atoms with Crippen molar-refractivity contribution in [1.82, 2.24) is 0 Å². The third-order valence-electron chi connectivity index (χ3n) is 2.70. The van der Waals surface area contributed by atoms with Gasteiger partial charge in [-0.25, -0.2) is 4.79 Å². The van der Waals surface area contributed by atoms with Gasteiger partial charge in [0.1, 0.15) is 0 Å². The highest BCUT2D eigenvalue weighted by Gasteiger charge is 2.18. The molecular weight excluding hydrogens is 268 g/mol. The molecule has 0 aliphatic carbocycles. The highest BCUT2D eigenvalue weighted by molar-refractivity contribution is 6.34. The molecule has 1 unspecified atom stereocenters. The molecule has 4 N–H and O–H groups in total. The first-order valence-electron chi connectivity index (χ1n) is 6.07. The van der Waals surface area contributed by atoms with Crippen LogP contribution < -0.4 is 11.1 Å². The second-order valence-corrected chi connectivity index (χ2v) is 4.72. The maximum absolute atomic E-state index is 11.2. The van der Waals surface area contributed by atoms with E-state index in [4.69, 9.17) is 22.1 Å². The average molecular weight is 287 g/mol. The Morgan fingerprint density at radius 1 is 1.58 bits per heavy atom. The van der Waals surface area contributed by atoms with E-state index >= 15 is 0 Å². The lowest BCUT2D eigenvalue weighted by Crippen LogP contribution is -2.26. The quantitative estimate of drug-likeness (QED) is 0.671. The number of hydrogen-bond acceptors (Lipinski definition) is 4. The molecule has 0 aliphatic rings. The van der Waals surface area contributed by atoms with E-state index in [9.17, 15) is 9.90 Å². The summed E-state index contributed by atoms with van der Waals surface area (Å²) in [6, 6.07) is 2.94. The van der Waals surface area contributed by atoms with Crippen molar-refractivity contribution in [2.24, 2.45) is 0 Å². The standard InChI is InChI=1S/C13H19ClN2O3/c1-3-4-9(7-19-2)16-12-10(13(17)18)5-8(15)6-11(12)14/h5-6,9,16H,3-4,7,15H2,1-2H3,(H,17,18). The predicted molar refractivity (Wildman–Crippen MR) is 77.0 cm³/mol. The van der Waals surface area contributed by atoms with Crippen LogP contribution in [0.4, 0.5) is 11.4 Å². The molecule has 0 fully saturated rings. The van der Waals surface area contributed by atoms with Gasteiger partial charge in [0, 0.05) is 18.8 Å². The average Bonchev–Trinajstić information content (AvgIpc) is 2.32. The Hall–Kier alpha value is -1.46. The van der Waals surface area contributed by atoms with Crippen LogP contribution >= 0.6 is 11.6 Å². The van der Waals surface area contributed by atoms with Crippen LogP contribution in [-0.2, 0) is 4.74 Å². The Balaban J connectivity index is 3.07. The van der Waals surface area contributed by atoms with E-state index in [1.807, 2.05) is 6.92 Å². The summed E-state index contributed by atoms with van der Waals surface area (Å²) in [6.07, 6.45) is 1.81. The van der Waals surface area contributed by atoms with Gasteiger partial charge in [0.25, 0.3) is 0 Å². The van der Waals surface area contributed by atoms with Gasteiger partial charge in [-0.15, -0.1) is 0 Å². The van der Waals surface area contributed by atoms with Crippen LogP contribution in [0.2, 0.25) is 5.02 Å². The van der Waals surface area contributed by atoms with Gasteiger partial charge in [-0.3, -0.25) is 0 Å². The fourth-order valence-corrected chi connectivity index (χ4v) is 2.18. The summed E-state index contributed by atoms with van der Waals surface area (Å²) < 4.78 is 5.11. The van der Waals surface area contributed by atoms with Crippen LogP contribution in [0.15, 0.2) is 12.1 Å². The first-order chi connectivity index (χ1) is 8.99. The number of benzene rings is 1. The zero-order chi connectivity index (χ0) is 14.4. The highest BCUT2D eigenvalue weighted by Crippen LogP contribution is 2.30. The van der Waals surface area contributed by atoms with E-state index in [2.05, 4.69) is 5.32 Å². The van der Waals surface area contributed by atoms with E-state index in [0.29, 0.717) is 23.0 Å². The van der Waals surface area contributed by atoms with Gasteiger partial charge in [-0.1, -0.05) is 24.9 Å². The van der Waals surface area contributed by atoms with E-state index in [1.165, 1.54) is 12.1 Å². The van der Waals surface area contributed by atoms with Gasteiger partial charge >= 0.3 is 5.97 Å². The molecule has 0 aromatic heterocycles. The van der Waals surface area contributed by atoms with Crippen molar-refractivity contribution < 1.29 is 14.6 Å². The van der Waals surface area contributed by atoms with Crippen LogP contribution in [0.1, 0.15) is 30.1 Å². The lowest BCUT2D eigenvalue weighted by Gasteiger charge is -2.21. The van der Waals surface area contributed by atoms with Crippen LogP contribution in [0.25, 0.3) is 0 Å². The van der Waals surface area contributed by atoms with Crippen molar-refractivity contribution in [2.75, 3.05) is 24.8 Å². The predicted octanol–water partition coefficient (Wildman–Crippen LogP) is 2.85. The minimum Gasteiger partial charge on any atom is -0.478 e. The molecular formula is C13H19ClN2O3. The Morgan fingerprint density at radius 2 is 2.26 bits per heavy atom. The van der Waals surface area contributed by atoms with Gasteiger partial charge in [0.05, 0.1) is 22.9 Å². The summed E-state index contributed by atoms with van der Waals surface area (Å²) in [4.78, 5) is 11.2. The van der Waals surface area contributed by atoms with E-state index in [0.717, 1.165) is 12.8 Å². The van der Waals surface area contributed by atoms with Crippen molar-refractivity contribution in [3.05, 3.63) is 22.7 Å². The molecule has 0 bridgehead atoms. The number of methoxy groups -OCH3 is 1. The number of carboxylic acid groups (broad SMARTS) is 1. The van der Waals surface area contributed by atoms with E-state index < -0.39 is 5.97 Å². The number of nitrogens with one attached hydrogen (secondary N) is 1. The molecule has 0 amide bonds. The third kappa shape index (κ3) is 4.29. The highest BCUT2D eigenvalue weighted by atomic mass is 35.5. The van der Waals surface area contributed by atoms with Gasteiger partial charge in [0.15, 0.2) is 0 Å². The molecule has 1 atom stereocenters. The largest absolute Gasteiger partial charge is 0.478 e. The fraction of sp³-hybridized carbons (Fsp3) is 0.462. The lowest BCUT2D eigenvalue weighted by molar-refractivity contribution is 0.0698. The number of nitrogens with two attached hydrogens (primary N) is 1. The zero-order valence-electron chi connectivity index (χ0n) is 11.1. The summed E-state index contributed by atoms with van der Waals surface area (Å²) in [5.74, 6) is -1.07. The number of hydrogen-bond donors (Lipinski definition) is 3. The van der Waals surface area contributed by atoms with Crippen molar-refractivity contribution in [3.8, 4) is 0 Å². The summed E-state index contributed by atoms with van der Waals surface area (Å²) in [6.45, 7) is 2.53. The maximum atomic E-state index is 11.2. The van der Waals surface area contributed by atoms with Crippen molar-refractivity contribution in [3.63, 3.8) is 0 Å². The third-order valence-corrected chi connectivity index (χ3v) is 2.99. The molecule has 0 saturated carbocycles. The molecule has 19 heavy (non-hydrogen) atoms. The number of carbonyl (C=O) groups is 1. The smallest absolute Gasteiger partial charge is 0.337 e.